The zero-order chi connectivity index (χ0) is 12.8. The second-order valence-electron chi connectivity index (χ2n) is 3.83. The van der Waals surface area contributed by atoms with Crippen LogP contribution in [0.4, 0.5) is 0 Å². The van der Waals surface area contributed by atoms with Crippen LogP contribution in [0.25, 0.3) is 0 Å². The van der Waals surface area contributed by atoms with Gasteiger partial charge in [-0.2, -0.15) is 0 Å². The minimum absolute atomic E-state index is 0.297. The molecular weight excluding hydrogens is 219 g/mol. The van der Waals surface area contributed by atoms with E-state index in [1.165, 1.54) is 7.11 Å². The van der Waals surface area contributed by atoms with Crippen molar-refractivity contribution in [3.05, 3.63) is 30.4 Å². The molecule has 0 saturated carbocycles. The van der Waals surface area contributed by atoms with E-state index in [0.29, 0.717) is 23.6 Å². The first-order valence-electron chi connectivity index (χ1n) is 5.36. The average Bonchev–Trinajstić information content (AvgIpc) is 2.28. The molecule has 0 radical (unpaired) electrons. The monoisotopic (exact) mass is 236 g/mol. The van der Waals surface area contributed by atoms with Crippen molar-refractivity contribution in [3.63, 3.8) is 0 Å². The molecule has 0 aromatic heterocycles. The van der Waals surface area contributed by atoms with Gasteiger partial charge in [-0.15, -0.1) is 6.58 Å². The summed E-state index contributed by atoms with van der Waals surface area (Å²) in [6.45, 7) is 6.15. The molecule has 0 fully saturated rings. The Kier molecular flexibility index (Phi) is 5.06. The molecule has 0 atom stereocenters. The number of methoxy groups -OCH3 is 1. The predicted octanol–water partition coefficient (Wildman–Crippen LogP) is 0.720. The van der Waals surface area contributed by atoms with Crippen LogP contribution < -0.4 is 14.9 Å². The van der Waals surface area contributed by atoms with Crippen molar-refractivity contribution in [2.24, 2.45) is 0 Å². The van der Waals surface area contributed by atoms with Gasteiger partial charge in [-0.05, 0) is 25.1 Å². The molecule has 0 spiro atoms. The standard InChI is InChI=1S/C12H17BO4/c1-9(2)6-7-17-12-5-4-10(16-3)8-11(12)13(14)15/h4-5,8,14-15H,1,6-7H2,2-3H3. The fraction of sp³-hybridized carbons (Fsp3) is 0.333. The van der Waals surface area contributed by atoms with Crippen LogP contribution in [0.3, 0.4) is 0 Å². The molecule has 0 unspecified atom stereocenters. The van der Waals surface area contributed by atoms with E-state index in [1.54, 1.807) is 18.2 Å². The van der Waals surface area contributed by atoms with Gasteiger partial charge in [0.05, 0.1) is 13.7 Å². The lowest BCUT2D eigenvalue weighted by Gasteiger charge is -2.12. The summed E-state index contributed by atoms with van der Waals surface area (Å²) in [5.74, 6) is 1.00. The average molecular weight is 236 g/mol. The van der Waals surface area contributed by atoms with E-state index in [9.17, 15) is 10.0 Å². The molecule has 2 N–H and O–H groups in total. The molecule has 0 saturated heterocycles. The highest BCUT2D eigenvalue weighted by Crippen LogP contribution is 2.16. The zero-order valence-corrected chi connectivity index (χ0v) is 10.1. The van der Waals surface area contributed by atoms with Crippen LogP contribution in [0, 0.1) is 0 Å². The Morgan fingerprint density at radius 3 is 2.65 bits per heavy atom. The molecule has 0 aliphatic rings. The molecule has 1 rings (SSSR count). The molecule has 0 amide bonds. The van der Waals surface area contributed by atoms with E-state index in [4.69, 9.17) is 9.47 Å². The fourth-order valence-corrected chi connectivity index (χ4v) is 1.32. The summed E-state index contributed by atoms with van der Waals surface area (Å²) < 4.78 is 10.5. The fourth-order valence-electron chi connectivity index (χ4n) is 1.32. The topological polar surface area (TPSA) is 58.9 Å². The summed E-state index contributed by atoms with van der Waals surface area (Å²) in [5, 5.41) is 18.5. The normalized spacial score (nSPS) is 9.88. The van der Waals surface area contributed by atoms with Crippen LogP contribution in [0.15, 0.2) is 30.4 Å². The van der Waals surface area contributed by atoms with Crippen molar-refractivity contribution >= 4 is 12.6 Å². The van der Waals surface area contributed by atoms with Crippen LogP contribution >= 0.6 is 0 Å². The summed E-state index contributed by atoms with van der Waals surface area (Å²) in [5.41, 5.74) is 1.32. The third-order valence-corrected chi connectivity index (χ3v) is 2.28. The lowest BCUT2D eigenvalue weighted by atomic mass is 9.79. The van der Waals surface area contributed by atoms with Gasteiger partial charge in [0.15, 0.2) is 0 Å². The Morgan fingerprint density at radius 1 is 1.41 bits per heavy atom. The minimum Gasteiger partial charge on any atom is -0.497 e. The van der Waals surface area contributed by atoms with Crippen molar-refractivity contribution in [3.8, 4) is 11.5 Å². The molecule has 17 heavy (non-hydrogen) atoms. The van der Waals surface area contributed by atoms with Gasteiger partial charge in [0, 0.05) is 11.9 Å². The SMILES string of the molecule is C=C(C)CCOc1ccc(OC)cc1B(O)O. The number of benzene rings is 1. The molecule has 1 aromatic rings. The van der Waals surface area contributed by atoms with Crippen LogP contribution in [0.2, 0.25) is 0 Å². The zero-order valence-electron chi connectivity index (χ0n) is 10.1. The first-order chi connectivity index (χ1) is 8.04. The Hall–Kier alpha value is -1.46. The highest BCUT2D eigenvalue weighted by Gasteiger charge is 2.18. The first-order valence-corrected chi connectivity index (χ1v) is 5.36. The van der Waals surface area contributed by atoms with Crippen LogP contribution in [-0.4, -0.2) is 30.9 Å². The minimum atomic E-state index is -1.58. The summed E-state index contributed by atoms with van der Waals surface area (Å²) in [4.78, 5) is 0. The Morgan fingerprint density at radius 2 is 2.12 bits per heavy atom. The summed E-state index contributed by atoms with van der Waals surface area (Å²) >= 11 is 0. The lowest BCUT2D eigenvalue weighted by Crippen LogP contribution is -2.31. The quantitative estimate of drug-likeness (QED) is 0.564. The highest BCUT2D eigenvalue weighted by atomic mass is 16.5. The number of rotatable bonds is 6. The molecule has 0 aliphatic heterocycles. The third-order valence-electron chi connectivity index (χ3n) is 2.28. The predicted molar refractivity (Wildman–Crippen MR) is 67.7 cm³/mol. The molecule has 5 heteroatoms. The molecule has 0 heterocycles. The van der Waals surface area contributed by atoms with E-state index in [0.717, 1.165) is 12.0 Å². The van der Waals surface area contributed by atoms with Gasteiger partial charge >= 0.3 is 7.12 Å². The van der Waals surface area contributed by atoms with Crippen molar-refractivity contribution in [1.29, 1.82) is 0 Å². The molecule has 4 nitrogen and oxygen atoms in total. The van der Waals surface area contributed by atoms with Crippen molar-refractivity contribution in [2.45, 2.75) is 13.3 Å². The van der Waals surface area contributed by atoms with E-state index in [1.807, 2.05) is 6.92 Å². The van der Waals surface area contributed by atoms with Crippen LogP contribution in [0.5, 0.6) is 11.5 Å². The molecule has 0 bridgehead atoms. The van der Waals surface area contributed by atoms with Crippen molar-refractivity contribution in [2.75, 3.05) is 13.7 Å². The Labute approximate surface area is 102 Å². The summed E-state index contributed by atoms with van der Waals surface area (Å²) in [6, 6.07) is 4.91. The maximum absolute atomic E-state index is 9.24. The second-order valence-corrected chi connectivity index (χ2v) is 3.83. The van der Waals surface area contributed by atoms with E-state index in [2.05, 4.69) is 6.58 Å². The molecule has 0 aliphatic carbocycles. The summed E-state index contributed by atoms with van der Waals surface area (Å²) in [6.07, 6.45) is 0.729. The maximum Gasteiger partial charge on any atom is 0.492 e. The van der Waals surface area contributed by atoms with Crippen LogP contribution in [0.1, 0.15) is 13.3 Å². The molecule has 92 valence electrons. The summed E-state index contributed by atoms with van der Waals surface area (Å²) in [7, 11) is -0.0604. The van der Waals surface area contributed by atoms with Crippen molar-refractivity contribution < 1.29 is 19.5 Å². The van der Waals surface area contributed by atoms with Gasteiger partial charge in [-0.25, -0.2) is 0 Å². The van der Waals surface area contributed by atoms with Gasteiger partial charge in [-0.1, -0.05) is 5.57 Å². The Bertz CT molecular complexity index is 390. The number of hydrogen-bond acceptors (Lipinski definition) is 4. The van der Waals surface area contributed by atoms with E-state index in [-0.39, 0.29) is 0 Å². The largest absolute Gasteiger partial charge is 0.497 e. The smallest absolute Gasteiger partial charge is 0.492 e. The van der Waals surface area contributed by atoms with Gasteiger partial charge in [0.1, 0.15) is 11.5 Å². The Balaban J connectivity index is 2.79. The first kappa shape index (κ1) is 13.6. The van der Waals surface area contributed by atoms with E-state index < -0.39 is 7.12 Å². The lowest BCUT2D eigenvalue weighted by molar-refractivity contribution is 0.321. The molecular formula is C12H17BO4. The number of ether oxygens (including phenoxy) is 2. The highest BCUT2D eigenvalue weighted by molar-refractivity contribution is 6.59. The number of hydrogen-bond donors (Lipinski definition) is 2. The van der Waals surface area contributed by atoms with E-state index >= 15 is 0 Å². The van der Waals surface area contributed by atoms with Gasteiger partial charge in [0.25, 0.3) is 0 Å². The molecule has 1 aromatic carbocycles. The van der Waals surface area contributed by atoms with Crippen molar-refractivity contribution in [1.82, 2.24) is 0 Å². The van der Waals surface area contributed by atoms with Gasteiger partial charge in [-0.3, -0.25) is 0 Å². The maximum atomic E-state index is 9.24. The third kappa shape index (κ3) is 4.13. The van der Waals surface area contributed by atoms with Crippen LogP contribution in [-0.2, 0) is 0 Å². The second kappa shape index (κ2) is 6.32. The van der Waals surface area contributed by atoms with Gasteiger partial charge < -0.3 is 19.5 Å². The van der Waals surface area contributed by atoms with Gasteiger partial charge in [0.2, 0.25) is 0 Å².